The van der Waals surface area contributed by atoms with E-state index in [1.807, 2.05) is 35.7 Å². The highest BCUT2D eigenvalue weighted by molar-refractivity contribution is 7.13. The first-order valence-electron chi connectivity index (χ1n) is 7.67. The number of halogens is 1. The summed E-state index contributed by atoms with van der Waals surface area (Å²) < 4.78 is 5.80. The number of benzene rings is 2. The van der Waals surface area contributed by atoms with Crippen molar-refractivity contribution in [2.45, 2.75) is 6.54 Å². The molecule has 0 unspecified atom stereocenters. The van der Waals surface area contributed by atoms with Gasteiger partial charge in [0.15, 0.2) is 5.13 Å². The van der Waals surface area contributed by atoms with Gasteiger partial charge in [0.2, 0.25) is 0 Å². The van der Waals surface area contributed by atoms with E-state index >= 15 is 0 Å². The fourth-order valence-corrected chi connectivity index (χ4v) is 3.62. The van der Waals surface area contributed by atoms with E-state index in [-0.39, 0.29) is 0 Å². The molecule has 4 rings (SSSR count). The molecule has 0 fully saturated rings. The lowest BCUT2D eigenvalue weighted by Crippen LogP contribution is -2.32. The molecule has 122 valence electrons. The van der Waals surface area contributed by atoms with Crippen molar-refractivity contribution >= 4 is 33.8 Å². The van der Waals surface area contributed by atoms with Gasteiger partial charge >= 0.3 is 0 Å². The summed E-state index contributed by atoms with van der Waals surface area (Å²) in [5.74, 6) is 0.889. The Bertz CT molecular complexity index is 880. The van der Waals surface area contributed by atoms with Crippen LogP contribution < -0.4 is 15.4 Å². The van der Waals surface area contributed by atoms with Crippen LogP contribution in [0.15, 0.2) is 47.8 Å². The number of aromatic nitrogens is 1. The summed E-state index contributed by atoms with van der Waals surface area (Å²) >= 11 is 7.77. The molecule has 2 heterocycles. The normalized spacial score (nSPS) is 13.5. The maximum atomic E-state index is 6.32. The average molecular weight is 358 g/mol. The standard InChI is InChI=1S/C18H16ClN3OS/c19-14-4-2-1-3-13(14)10-22-7-8-23-17-6-5-12(9-16(17)22)15-11-24-18(20)21-15/h1-6,9,11H,7-8,10H2,(H2,20,21). The highest BCUT2D eigenvalue weighted by atomic mass is 35.5. The lowest BCUT2D eigenvalue weighted by molar-refractivity contribution is 0.307. The molecule has 0 aliphatic carbocycles. The minimum atomic E-state index is 0.576. The Labute approximate surface area is 149 Å². The van der Waals surface area contributed by atoms with Crippen LogP contribution >= 0.6 is 22.9 Å². The first-order valence-corrected chi connectivity index (χ1v) is 8.93. The number of hydrogen-bond acceptors (Lipinski definition) is 5. The molecule has 3 aromatic rings. The lowest BCUT2D eigenvalue weighted by Gasteiger charge is -2.32. The molecule has 0 atom stereocenters. The molecule has 4 nitrogen and oxygen atoms in total. The summed E-state index contributed by atoms with van der Waals surface area (Å²) in [6, 6.07) is 14.1. The van der Waals surface area contributed by atoms with Crippen LogP contribution in [0.25, 0.3) is 11.3 Å². The van der Waals surface area contributed by atoms with Gasteiger partial charge in [-0.15, -0.1) is 11.3 Å². The van der Waals surface area contributed by atoms with Gasteiger partial charge in [-0.1, -0.05) is 29.8 Å². The van der Waals surface area contributed by atoms with E-state index in [4.69, 9.17) is 22.1 Å². The molecule has 0 radical (unpaired) electrons. The van der Waals surface area contributed by atoms with Gasteiger partial charge in [-0.25, -0.2) is 4.98 Å². The molecule has 0 bridgehead atoms. The van der Waals surface area contributed by atoms with Crippen molar-refractivity contribution in [2.75, 3.05) is 23.8 Å². The number of hydrogen-bond donors (Lipinski definition) is 1. The Morgan fingerprint density at radius 1 is 1.25 bits per heavy atom. The number of nitrogen functional groups attached to an aromatic ring is 1. The Kier molecular flexibility index (Phi) is 4.04. The highest BCUT2D eigenvalue weighted by Gasteiger charge is 2.20. The van der Waals surface area contributed by atoms with Crippen molar-refractivity contribution in [2.24, 2.45) is 0 Å². The molecule has 2 N–H and O–H groups in total. The van der Waals surface area contributed by atoms with Crippen LogP contribution in [0.3, 0.4) is 0 Å². The Balaban J connectivity index is 1.69. The lowest BCUT2D eigenvalue weighted by atomic mass is 10.1. The maximum absolute atomic E-state index is 6.32. The van der Waals surface area contributed by atoms with Crippen molar-refractivity contribution in [3.8, 4) is 17.0 Å². The molecular weight excluding hydrogens is 342 g/mol. The summed E-state index contributed by atoms with van der Waals surface area (Å²) in [4.78, 5) is 6.66. The minimum absolute atomic E-state index is 0.576. The zero-order valence-corrected chi connectivity index (χ0v) is 14.5. The van der Waals surface area contributed by atoms with Crippen molar-refractivity contribution in [3.63, 3.8) is 0 Å². The fourth-order valence-electron chi connectivity index (χ4n) is 2.85. The third-order valence-corrected chi connectivity index (χ3v) is 5.10. The van der Waals surface area contributed by atoms with Gasteiger partial charge in [0, 0.05) is 22.5 Å². The van der Waals surface area contributed by atoms with Gasteiger partial charge in [-0.2, -0.15) is 0 Å². The van der Waals surface area contributed by atoms with Crippen molar-refractivity contribution < 1.29 is 4.74 Å². The van der Waals surface area contributed by atoms with Crippen molar-refractivity contribution in [1.82, 2.24) is 4.98 Å². The van der Waals surface area contributed by atoms with Gasteiger partial charge in [-0.3, -0.25) is 0 Å². The molecule has 0 saturated heterocycles. The van der Waals surface area contributed by atoms with Crippen LogP contribution in [0.2, 0.25) is 5.02 Å². The van der Waals surface area contributed by atoms with E-state index in [0.29, 0.717) is 11.7 Å². The van der Waals surface area contributed by atoms with Gasteiger partial charge in [-0.05, 0) is 29.8 Å². The van der Waals surface area contributed by atoms with Crippen molar-refractivity contribution in [1.29, 1.82) is 0 Å². The molecule has 6 heteroatoms. The minimum Gasteiger partial charge on any atom is -0.490 e. The molecule has 2 aromatic carbocycles. The highest BCUT2D eigenvalue weighted by Crippen LogP contribution is 2.37. The fraction of sp³-hybridized carbons (Fsp3) is 0.167. The maximum Gasteiger partial charge on any atom is 0.180 e. The molecule has 0 amide bonds. The van der Waals surface area contributed by atoms with E-state index in [0.717, 1.165) is 46.4 Å². The van der Waals surface area contributed by atoms with E-state index < -0.39 is 0 Å². The molecule has 1 aliphatic rings. The van der Waals surface area contributed by atoms with Crippen LogP contribution in [0.5, 0.6) is 5.75 Å². The zero-order chi connectivity index (χ0) is 16.5. The molecule has 0 saturated carbocycles. The van der Waals surface area contributed by atoms with Gasteiger partial charge < -0.3 is 15.4 Å². The van der Waals surface area contributed by atoms with Crippen LogP contribution in [-0.4, -0.2) is 18.1 Å². The predicted molar refractivity (Wildman–Crippen MR) is 100.0 cm³/mol. The second-order valence-electron chi connectivity index (χ2n) is 5.61. The number of nitrogens with zero attached hydrogens (tertiary/aromatic N) is 2. The van der Waals surface area contributed by atoms with E-state index in [1.165, 1.54) is 11.3 Å². The third-order valence-electron chi connectivity index (χ3n) is 4.06. The van der Waals surface area contributed by atoms with Crippen molar-refractivity contribution in [3.05, 3.63) is 58.4 Å². The Hall–Kier alpha value is -2.24. The summed E-state index contributed by atoms with van der Waals surface area (Å²) in [6.07, 6.45) is 0. The summed E-state index contributed by atoms with van der Waals surface area (Å²) in [5.41, 5.74) is 9.86. The molecule has 1 aromatic heterocycles. The SMILES string of the molecule is Nc1nc(-c2ccc3c(c2)N(Cc2ccccc2Cl)CCO3)cs1. The number of nitrogens with two attached hydrogens (primary N) is 1. The van der Waals surface area contributed by atoms with Gasteiger partial charge in [0.1, 0.15) is 12.4 Å². The van der Waals surface area contributed by atoms with Crippen LogP contribution in [0.4, 0.5) is 10.8 Å². The average Bonchev–Trinajstić information content (AvgIpc) is 3.03. The second kappa shape index (κ2) is 6.34. The van der Waals surface area contributed by atoms with E-state index in [1.54, 1.807) is 0 Å². The number of thiazole rings is 1. The predicted octanol–water partition coefficient (Wildman–Crippen LogP) is 4.44. The monoisotopic (exact) mass is 357 g/mol. The number of fused-ring (bicyclic) bond motifs is 1. The largest absolute Gasteiger partial charge is 0.490 e. The third kappa shape index (κ3) is 2.92. The number of rotatable bonds is 3. The van der Waals surface area contributed by atoms with Crippen LogP contribution in [0.1, 0.15) is 5.56 Å². The first kappa shape index (κ1) is 15.3. The summed E-state index contributed by atoms with van der Waals surface area (Å²) in [7, 11) is 0. The van der Waals surface area contributed by atoms with Gasteiger partial charge in [0.25, 0.3) is 0 Å². The smallest absolute Gasteiger partial charge is 0.180 e. The molecule has 1 aliphatic heterocycles. The quantitative estimate of drug-likeness (QED) is 0.752. The molecule has 24 heavy (non-hydrogen) atoms. The Morgan fingerprint density at radius 2 is 2.12 bits per heavy atom. The van der Waals surface area contributed by atoms with E-state index in [9.17, 15) is 0 Å². The second-order valence-corrected chi connectivity index (χ2v) is 6.91. The number of anilines is 2. The van der Waals surface area contributed by atoms with E-state index in [2.05, 4.69) is 22.0 Å². The van der Waals surface area contributed by atoms with Gasteiger partial charge in [0.05, 0.1) is 17.9 Å². The zero-order valence-electron chi connectivity index (χ0n) is 12.9. The summed E-state index contributed by atoms with van der Waals surface area (Å²) in [6.45, 7) is 2.24. The Morgan fingerprint density at radius 3 is 2.92 bits per heavy atom. The first-order chi connectivity index (χ1) is 11.7. The number of ether oxygens (including phenoxy) is 1. The topological polar surface area (TPSA) is 51.4 Å². The molecule has 0 spiro atoms. The van der Waals surface area contributed by atoms with Crippen LogP contribution in [-0.2, 0) is 6.54 Å². The summed E-state index contributed by atoms with van der Waals surface area (Å²) in [5, 5.41) is 3.33. The molecular formula is C18H16ClN3OS. The van der Waals surface area contributed by atoms with Crippen LogP contribution in [0, 0.1) is 0 Å².